The molecule has 0 heterocycles. The second kappa shape index (κ2) is 5.44. The Kier molecular flexibility index (Phi) is 5.32. The fraction of sp³-hybridized carbons (Fsp3) is 0.250. The molecule has 5 heteroatoms. The lowest BCUT2D eigenvalue weighted by Gasteiger charge is -2.10. The summed E-state index contributed by atoms with van der Waals surface area (Å²) in [5.74, 6) is 0.150. The van der Waals surface area contributed by atoms with Crippen molar-refractivity contribution in [2.75, 3.05) is 6.61 Å². The SMILES string of the molecule is Cl.N[C@H](CO)c1cc(O)ccc1Br. The normalized spacial score (nSPS) is 11.9. The molecule has 0 radical (unpaired) electrons. The predicted octanol–water partition coefficient (Wildman–Crippen LogP) is 1.57. The highest BCUT2D eigenvalue weighted by Gasteiger charge is 2.08. The largest absolute Gasteiger partial charge is 0.508 e. The van der Waals surface area contributed by atoms with Crippen LogP contribution in [-0.4, -0.2) is 16.8 Å². The first-order chi connectivity index (χ1) is 5.65. The summed E-state index contributed by atoms with van der Waals surface area (Å²) in [7, 11) is 0. The molecule has 3 nitrogen and oxygen atoms in total. The highest BCUT2D eigenvalue weighted by atomic mass is 79.9. The van der Waals surface area contributed by atoms with E-state index < -0.39 is 6.04 Å². The average Bonchev–Trinajstić information content (AvgIpc) is 2.08. The second-order valence-corrected chi connectivity index (χ2v) is 3.35. The molecule has 0 fully saturated rings. The van der Waals surface area contributed by atoms with E-state index in [1.807, 2.05) is 0 Å². The van der Waals surface area contributed by atoms with E-state index in [-0.39, 0.29) is 24.8 Å². The summed E-state index contributed by atoms with van der Waals surface area (Å²) in [6.07, 6.45) is 0. The fourth-order valence-corrected chi connectivity index (χ4v) is 1.45. The molecular formula is C8H11BrClNO2. The predicted molar refractivity (Wildman–Crippen MR) is 57.1 cm³/mol. The van der Waals surface area contributed by atoms with E-state index in [1.165, 1.54) is 6.07 Å². The molecule has 1 aromatic carbocycles. The molecule has 0 aromatic heterocycles. The Labute approximate surface area is 91.1 Å². The second-order valence-electron chi connectivity index (χ2n) is 2.49. The van der Waals surface area contributed by atoms with Crippen LogP contribution in [0.1, 0.15) is 11.6 Å². The minimum Gasteiger partial charge on any atom is -0.508 e. The van der Waals surface area contributed by atoms with Crippen molar-refractivity contribution in [2.24, 2.45) is 5.73 Å². The van der Waals surface area contributed by atoms with Crippen LogP contribution in [0.5, 0.6) is 5.75 Å². The molecule has 1 aromatic rings. The van der Waals surface area contributed by atoms with Crippen molar-refractivity contribution in [3.05, 3.63) is 28.2 Å². The summed E-state index contributed by atoms with van der Waals surface area (Å²) >= 11 is 3.27. The number of benzene rings is 1. The molecule has 0 saturated heterocycles. The number of halogens is 2. The highest BCUT2D eigenvalue weighted by molar-refractivity contribution is 9.10. The summed E-state index contributed by atoms with van der Waals surface area (Å²) in [4.78, 5) is 0. The van der Waals surface area contributed by atoms with Gasteiger partial charge in [-0.2, -0.15) is 0 Å². The zero-order chi connectivity index (χ0) is 9.14. The number of nitrogens with two attached hydrogens (primary N) is 1. The molecule has 0 saturated carbocycles. The fourth-order valence-electron chi connectivity index (χ4n) is 0.914. The minimum atomic E-state index is -0.452. The molecule has 0 bridgehead atoms. The van der Waals surface area contributed by atoms with Crippen molar-refractivity contribution < 1.29 is 10.2 Å². The number of rotatable bonds is 2. The maximum atomic E-state index is 9.12. The van der Waals surface area contributed by atoms with Crippen LogP contribution in [0.3, 0.4) is 0 Å². The van der Waals surface area contributed by atoms with Crippen LogP contribution in [0, 0.1) is 0 Å². The molecule has 1 atom stereocenters. The van der Waals surface area contributed by atoms with E-state index in [1.54, 1.807) is 12.1 Å². The lowest BCUT2D eigenvalue weighted by atomic mass is 10.1. The zero-order valence-corrected chi connectivity index (χ0v) is 9.18. The van der Waals surface area contributed by atoms with Gasteiger partial charge in [0, 0.05) is 4.47 Å². The number of phenolic OH excluding ortho intramolecular Hbond substituents is 1. The topological polar surface area (TPSA) is 66.5 Å². The molecule has 13 heavy (non-hydrogen) atoms. The van der Waals surface area contributed by atoms with Crippen molar-refractivity contribution in [2.45, 2.75) is 6.04 Å². The van der Waals surface area contributed by atoms with Gasteiger partial charge in [0.25, 0.3) is 0 Å². The van der Waals surface area contributed by atoms with Gasteiger partial charge in [0.1, 0.15) is 5.75 Å². The monoisotopic (exact) mass is 267 g/mol. The van der Waals surface area contributed by atoms with E-state index in [9.17, 15) is 0 Å². The number of phenols is 1. The number of aromatic hydroxyl groups is 1. The molecular weight excluding hydrogens is 257 g/mol. The van der Waals surface area contributed by atoms with E-state index in [2.05, 4.69) is 15.9 Å². The van der Waals surface area contributed by atoms with E-state index in [4.69, 9.17) is 15.9 Å². The molecule has 0 aliphatic carbocycles. The van der Waals surface area contributed by atoms with Gasteiger partial charge in [-0.15, -0.1) is 12.4 Å². The molecule has 0 aliphatic heterocycles. The zero-order valence-electron chi connectivity index (χ0n) is 6.77. The molecule has 74 valence electrons. The molecule has 0 amide bonds. The Balaban J connectivity index is 0.00000144. The molecule has 1 rings (SSSR count). The van der Waals surface area contributed by atoms with Crippen molar-refractivity contribution in [1.82, 2.24) is 0 Å². The maximum Gasteiger partial charge on any atom is 0.115 e. The first-order valence-corrected chi connectivity index (χ1v) is 4.29. The first-order valence-electron chi connectivity index (χ1n) is 3.50. The van der Waals surface area contributed by atoms with Crippen molar-refractivity contribution in [3.63, 3.8) is 0 Å². The van der Waals surface area contributed by atoms with Crippen LogP contribution in [0.25, 0.3) is 0 Å². The van der Waals surface area contributed by atoms with Gasteiger partial charge in [-0.05, 0) is 23.8 Å². The molecule has 0 aliphatic rings. The Hall–Kier alpha value is -0.290. The molecule has 4 N–H and O–H groups in total. The number of hydrogen-bond acceptors (Lipinski definition) is 3. The average molecular weight is 269 g/mol. The van der Waals surface area contributed by atoms with Gasteiger partial charge in [0.05, 0.1) is 12.6 Å². The summed E-state index contributed by atoms with van der Waals surface area (Å²) in [5, 5.41) is 17.9. The van der Waals surface area contributed by atoms with Crippen LogP contribution in [0.15, 0.2) is 22.7 Å². The van der Waals surface area contributed by atoms with Gasteiger partial charge >= 0.3 is 0 Å². The standard InChI is InChI=1S/C8H10BrNO2.ClH/c9-7-2-1-5(12)3-6(7)8(10)4-11;/h1-3,8,11-12H,4,10H2;1H/t8-;/m1./s1. The van der Waals surface area contributed by atoms with E-state index in [0.29, 0.717) is 5.56 Å². The molecule has 0 spiro atoms. The lowest BCUT2D eigenvalue weighted by molar-refractivity contribution is 0.267. The van der Waals surface area contributed by atoms with Gasteiger partial charge in [-0.3, -0.25) is 0 Å². The van der Waals surface area contributed by atoms with Gasteiger partial charge in [-0.25, -0.2) is 0 Å². The lowest BCUT2D eigenvalue weighted by Crippen LogP contribution is -2.14. The number of aliphatic hydroxyl groups is 1. The van der Waals surface area contributed by atoms with Crippen molar-refractivity contribution in [3.8, 4) is 5.75 Å². The van der Waals surface area contributed by atoms with E-state index >= 15 is 0 Å². The summed E-state index contributed by atoms with van der Waals surface area (Å²) in [6, 6.07) is 4.33. The molecule has 0 unspecified atom stereocenters. The summed E-state index contributed by atoms with van der Waals surface area (Å²) in [5.41, 5.74) is 6.28. The number of aliphatic hydroxyl groups excluding tert-OH is 1. The van der Waals surface area contributed by atoms with Crippen LogP contribution >= 0.6 is 28.3 Å². The quantitative estimate of drug-likeness (QED) is 0.763. The van der Waals surface area contributed by atoms with Crippen LogP contribution in [0.4, 0.5) is 0 Å². The third-order valence-electron chi connectivity index (χ3n) is 1.58. The Bertz CT molecular complexity index is 283. The maximum absolute atomic E-state index is 9.12. The van der Waals surface area contributed by atoms with Gasteiger partial charge in [0.2, 0.25) is 0 Å². The highest BCUT2D eigenvalue weighted by Crippen LogP contribution is 2.25. The Morgan fingerprint density at radius 1 is 1.46 bits per heavy atom. The minimum absolute atomic E-state index is 0. The smallest absolute Gasteiger partial charge is 0.115 e. The Morgan fingerprint density at radius 3 is 2.62 bits per heavy atom. The van der Waals surface area contributed by atoms with Crippen molar-refractivity contribution in [1.29, 1.82) is 0 Å². The van der Waals surface area contributed by atoms with Crippen LogP contribution in [-0.2, 0) is 0 Å². The van der Waals surface area contributed by atoms with Crippen molar-refractivity contribution >= 4 is 28.3 Å². The third kappa shape index (κ3) is 3.15. The summed E-state index contributed by atoms with van der Waals surface area (Å²) in [6.45, 7) is -0.137. The third-order valence-corrected chi connectivity index (χ3v) is 2.30. The van der Waals surface area contributed by atoms with Gasteiger partial charge < -0.3 is 15.9 Å². The van der Waals surface area contributed by atoms with Crippen LogP contribution in [0.2, 0.25) is 0 Å². The van der Waals surface area contributed by atoms with Gasteiger partial charge in [0.15, 0.2) is 0 Å². The van der Waals surface area contributed by atoms with Gasteiger partial charge in [-0.1, -0.05) is 15.9 Å². The number of hydrogen-bond donors (Lipinski definition) is 3. The summed E-state index contributed by atoms with van der Waals surface area (Å²) < 4.78 is 0.793. The first kappa shape index (κ1) is 12.7. The van der Waals surface area contributed by atoms with Crippen LogP contribution < -0.4 is 5.73 Å². The van der Waals surface area contributed by atoms with E-state index in [0.717, 1.165) is 4.47 Å². The Morgan fingerprint density at radius 2 is 2.08 bits per heavy atom.